The number of carbonyl (C=O) groups is 1. The Morgan fingerprint density at radius 2 is 2.18 bits per heavy atom. The molecule has 2 N–H and O–H groups in total. The van der Waals surface area contributed by atoms with Gasteiger partial charge in [0, 0.05) is 42.9 Å². The monoisotopic (exact) mass is 397 g/mol. The molecule has 1 unspecified atom stereocenters. The van der Waals surface area contributed by atoms with Crippen molar-refractivity contribution in [1.82, 2.24) is 15.1 Å². The van der Waals surface area contributed by atoms with Gasteiger partial charge in [-0.1, -0.05) is 0 Å². The van der Waals surface area contributed by atoms with Crippen molar-refractivity contribution in [2.75, 3.05) is 19.8 Å². The molecule has 28 heavy (non-hydrogen) atoms. The lowest BCUT2D eigenvalue weighted by molar-refractivity contribution is -0.141. The highest BCUT2D eigenvalue weighted by Gasteiger charge is 2.37. The lowest BCUT2D eigenvalue weighted by Crippen LogP contribution is -2.29. The first-order chi connectivity index (χ1) is 13.3. The molecule has 1 aliphatic rings. The van der Waals surface area contributed by atoms with Crippen LogP contribution in [0.3, 0.4) is 0 Å². The van der Waals surface area contributed by atoms with Crippen LogP contribution in [0.2, 0.25) is 0 Å². The molecule has 1 aromatic heterocycles. The summed E-state index contributed by atoms with van der Waals surface area (Å²) in [6.45, 7) is 3.23. The number of rotatable bonds is 6. The summed E-state index contributed by atoms with van der Waals surface area (Å²) >= 11 is 0. The summed E-state index contributed by atoms with van der Waals surface area (Å²) in [5.41, 5.74) is -0.406. The summed E-state index contributed by atoms with van der Waals surface area (Å²) in [6.07, 6.45) is -2.47. The van der Waals surface area contributed by atoms with Gasteiger partial charge in [0.2, 0.25) is 0 Å². The van der Waals surface area contributed by atoms with Gasteiger partial charge in [0.05, 0.1) is 13.2 Å². The van der Waals surface area contributed by atoms with Crippen LogP contribution < -0.4 is 5.32 Å². The van der Waals surface area contributed by atoms with Gasteiger partial charge in [-0.25, -0.2) is 0 Å². The van der Waals surface area contributed by atoms with Crippen molar-refractivity contribution in [3.8, 4) is 11.1 Å². The summed E-state index contributed by atoms with van der Waals surface area (Å²) in [5.74, 6) is -0.177. The maximum absolute atomic E-state index is 13.4. The van der Waals surface area contributed by atoms with Crippen LogP contribution in [0.4, 0.5) is 13.2 Å². The zero-order valence-electron chi connectivity index (χ0n) is 15.4. The molecule has 3 rings (SSSR count). The van der Waals surface area contributed by atoms with Crippen molar-refractivity contribution < 1.29 is 27.8 Å². The molecule has 0 bridgehead atoms. The van der Waals surface area contributed by atoms with Crippen LogP contribution >= 0.6 is 0 Å². The number of aliphatic hydroxyl groups is 1. The molecular formula is C19H22F3N3O3. The molecule has 1 fully saturated rings. The summed E-state index contributed by atoms with van der Waals surface area (Å²) in [7, 11) is 0. The Morgan fingerprint density at radius 1 is 1.39 bits per heavy atom. The molecule has 0 spiro atoms. The van der Waals surface area contributed by atoms with Crippen LogP contribution in [-0.2, 0) is 24.1 Å². The fraction of sp³-hybridized carbons (Fsp3) is 0.474. The van der Waals surface area contributed by atoms with Gasteiger partial charge < -0.3 is 15.2 Å². The number of aliphatic hydroxyl groups excluding tert-OH is 1. The standard InChI is InChI=1S/C19H22F3N3O3/c1-2-25-9-16(17(24-25)19(20,21)22)14-5-13(10-26)6-15(7-14)18(27)23-8-12-3-4-28-11-12/h5-7,9,12,26H,2-4,8,10-11H2,1H3,(H,23,27). The van der Waals surface area contributed by atoms with Crippen molar-refractivity contribution in [2.45, 2.75) is 32.7 Å². The molecule has 1 aromatic carbocycles. The normalized spacial score (nSPS) is 17.1. The predicted octanol–water partition coefficient (Wildman–Crippen LogP) is 2.85. The second-order valence-electron chi connectivity index (χ2n) is 6.76. The number of hydrogen-bond acceptors (Lipinski definition) is 4. The van der Waals surface area contributed by atoms with Crippen molar-refractivity contribution >= 4 is 5.91 Å². The van der Waals surface area contributed by atoms with E-state index in [9.17, 15) is 23.1 Å². The fourth-order valence-corrected chi connectivity index (χ4v) is 3.16. The predicted molar refractivity (Wildman–Crippen MR) is 95.5 cm³/mol. The Morgan fingerprint density at radius 3 is 2.79 bits per heavy atom. The summed E-state index contributed by atoms with van der Waals surface area (Å²) < 4.78 is 46.7. The number of halogens is 3. The van der Waals surface area contributed by atoms with E-state index in [1.165, 1.54) is 29.1 Å². The van der Waals surface area contributed by atoms with E-state index in [0.717, 1.165) is 6.42 Å². The number of alkyl halides is 3. The Bertz CT molecular complexity index is 843. The minimum absolute atomic E-state index is 0.122. The zero-order valence-corrected chi connectivity index (χ0v) is 15.4. The van der Waals surface area contributed by atoms with Gasteiger partial charge in [0.1, 0.15) is 0 Å². The van der Waals surface area contributed by atoms with Gasteiger partial charge in [-0.2, -0.15) is 18.3 Å². The van der Waals surface area contributed by atoms with Crippen molar-refractivity contribution in [2.24, 2.45) is 5.92 Å². The quantitative estimate of drug-likeness (QED) is 0.786. The van der Waals surface area contributed by atoms with E-state index in [0.29, 0.717) is 25.3 Å². The lowest BCUT2D eigenvalue weighted by atomic mass is 9.99. The van der Waals surface area contributed by atoms with E-state index in [1.807, 2.05) is 0 Å². The number of benzene rings is 1. The molecule has 6 nitrogen and oxygen atoms in total. The first-order valence-electron chi connectivity index (χ1n) is 9.07. The minimum atomic E-state index is -4.63. The molecule has 0 radical (unpaired) electrons. The molecule has 1 atom stereocenters. The van der Waals surface area contributed by atoms with Crippen molar-refractivity contribution in [3.05, 3.63) is 41.2 Å². The fourth-order valence-electron chi connectivity index (χ4n) is 3.16. The number of amides is 1. The molecule has 1 amide bonds. The number of ether oxygens (including phenoxy) is 1. The number of aryl methyl sites for hydroxylation is 1. The van der Waals surface area contributed by atoms with Crippen LogP contribution in [0.5, 0.6) is 0 Å². The largest absolute Gasteiger partial charge is 0.435 e. The molecule has 2 heterocycles. The average molecular weight is 397 g/mol. The van der Waals surface area contributed by atoms with Gasteiger partial charge in [-0.3, -0.25) is 9.48 Å². The molecule has 2 aromatic rings. The summed E-state index contributed by atoms with van der Waals surface area (Å²) in [4.78, 5) is 12.5. The summed E-state index contributed by atoms with van der Waals surface area (Å²) in [5, 5.41) is 15.9. The highest BCUT2D eigenvalue weighted by atomic mass is 19.4. The third-order valence-corrected chi connectivity index (χ3v) is 4.68. The van der Waals surface area contributed by atoms with Crippen LogP contribution in [0.25, 0.3) is 11.1 Å². The Balaban J connectivity index is 1.93. The number of aromatic nitrogens is 2. The van der Waals surface area contributed by atoms with Crippen molar-refractivity contribution in [1.29, 1.82) is 0 Å². The van der Waals surface area contributed by atoms with Gasteiger partial charge in [0.25, 0.3) is 5.91 Å². The SMILES string of the molecule is CCn1cc(-c2cc(CO)cc(C(=O)NCC3CCOC3)c2)c(C(F)(F)F)n1. The molecule has 1 saturated heterocycles. The first-order valence-corrected chi connectivity index (χ1v) is 9.07. The van der Waals surface area contributed by atoms with E-state index in [1.54, 1.807) is 6.92 Å². The number of carbonyl (C=O) groups excluding carboxylic acids is 1. The van der Waals surface area contributed by atoms with Crippen LogP contribution in [-0.4, -0.2) is 40.6 Å². The molecule has 0 aliphatic carbocycles. The zero-order chi connectivity index (χ0) is 20.3. The summed E-state index contributed by atoms with van der Waals surface area (Å²) in [6, 6.07) is 4.31. The van der Waals surface area contributed by atoms with E-state index in [-0.39, 0.29) is 29.2 Å². The van der Waals surface area contributed by atoms with E-state index in [2.05, 4.69) is 10.4 Å². The third kappa shape index (κ3) is 4.53. The molecule has 1 aliphatic heterocycles. The smallest absolute Gasteiger partial charge is 0.392 e. The van der Waals surface area contributed by atoms with Gasteiger partial charge in [-0.15, -0.1) is 0 Å². The number of nitrogens with zero attached hydrogens (tertiary/aromatic N) is 2. The lowest BCUT2D eigenvalue weighted by Gasteiger charge is -2.12. The van der Waals surface area contributed by atoms with Crippen LogP contribution in [0.1, 0.15) is 35.0 Å². The maximum atomic E-state index is 13.4. The first kappa shape index (κ1) is 20.3. The number of nitrogens with one attached hydrogen (secondary N) is 1. The van der Waals surface area contributed by atoms with E-state index < -0.39 is 24.4 Å². The van der Waals surface area contributed by atoms with Crippen LogP contribution in [0, 0.1) is 5.92 Å². The highest BCUT2D eigenvalue weighted by molar-refractivity contribution is 5.95. The maximum Gasteiger partial charge on any atom is 0.435 e. The van der Waals surface area contributed by atoms with Gasteiger partial charge in [0.15, 0.2) is 5.69 Å². The van der Waals surface area contributed by atoms with Gasteiger partial charge in [-0.05, 0) is 42.7 Å². The number of hydrogen-bond donors (Lipinski definition) is 2. The average Bonchev–Trinajstić information content (AvgIpc) is 3.34. The van der Waals surface area contributed by atoms with Gasteiger partial charge >= 0.3 is 6.18 Å². The third-order valence-electron chi connectivity index (χ3n) is 4.68. The Hall–Kier alpha value is -2.39. The molecule has 9 heteroatoms. The van der Waals surface area contributed by atoms with E-state index >= 15 is 0 Å². The molecule has 0 saturated carbocycles. The Labute approximate surface area is 160 Å². The molecule has 152 valence electrons. The highest BCUT2D eigenvalue weighted by Crippen LogP contribution is 2.36. The van der Waals surface area contributed by atoms with E-state index in [4.69, 9.17) is 4.74 Å². The molecular weight excluding hydrogens is 375 g/mol. The Kier molecular flexibility index (Phi) is 6.04. The second kappa shape index (κ2) is 8.32. The van der Waals surface area contributed by atoms with Crippen molar-refractivity contribution in [3.63, 3.8) is 0 Å². The topological polar surface area (TPSA) is 76.4 Å². The minimum Gasteiger partial charge on any atom is -0.392 e. The second-order valence-corrected chi connectivity index (χ2v) is 6.76. The van der Waals surface area contributed by atoms with Crippen LogP contribution in [0.15, 0.2) is 24.4 Å².